The van der Waals surface area contributed by atoms with Crippen molar-refractivity contribution < 1.29 is 4.52 Å². The number of hydrogen-bond acceptors (Lipinski definition) is 4. The maximum Gasteiger partial charge on any atom is 0.243 e. The fourth-order valence-corrected chi connectivity index (χ4v) is 3.06. The van der Waals surface area contributed by atoms with Crippen molar-refractivity contribution in [3.8, 4) is 0 Å². The molecule has 0 saturated heterocycles. The second-order valence-corrected chi connectivity index (χ2v) is 6.06. The molecule has 2 aliphatic carbocycles. The minimum Gasteiger partial charge on any atom is -0.338 e. The number of rotatable bonds is 5. The Balaban J connectivity index is 1.62. The topological polar surface area (TPSA) is 64.9 Å². The van der Waals surface area contributed by atoms with Gasteiger partial charge in [0.25, 0.3) is 0 Å². The largest absolute Gasteiger partial charge is 0.338 e. The number of aromatic nitrogens is 2. The first-order chi connectivity index (χ1) is 8.76. The monoisotopic (exact) mass is 249 g/mol. The third-order valence-corrected chi connectivity index (χ3v) is 4.54. The molecule has 4 heteroatoms. The lowest BCUT2D eigenvalue weighted by atomic mass is 10.0. The van der Waals surface area contributed by atoms with Crippen LogP contribution in [-0.4, -0.2) is 10.1 Å². The molecule has 100 valence electrons. The fraction of sp³-hybridized carbons (Fsp3) is 0.857. The van der Waals surface area contributed by atoms with Crippen LogP contribution in [0.15, 0.2) is 4.52 Å². The second-order valence-electron chi connectivity index (χ2n) is 6.06. The van der Waals surface area contributed by atoms with Gasteiger partial charge < -0.3 is 10.3 Å². The van der Waals surface area contributed by atoms with E-state index in [-0.39, 0.29) is 6.04 Å². The lowest BCUT2D eigenvalue weighted by Gasteiger charge is -2.05. The van der Waals surface area contributed by atoms with Crippen LogP contribution in [0.3, 0.4) is 0 Å². The second kappa shape index (κ2) is 5.00. The Labute approximate surface area is 108 Å². The van der Waals surface area contributed by atoms with Crippen molar-refractivity contribution in [2.45, 2.75) is 63.8 Å². The SMILES string of the molecule is CCC1CCC(c2noc([C@@H](N)CC3CC3)n2)C1. The third-order valence-electron chi connectivity index (χ3n) is 4.54. The van der Waals surface area contributed by atoms with Crippen molar-refractivity contribution in [2.24, 2.45) is 17.6 Å². The standard InChI is InChI=1S/C14H23N3O/c1-2-9-5-6-11(7-9)13-16-14(18-17-13)12(15)8-10-3-4-10/h9-12H,2-8,15H2,1H3/t9?,11?,12-/m0/s1. The van der Waals surface area contributed by atoms with E-state index in [4.69, 9.17) is 10.3 Å². The van der Waals surface area contributed by atoms with Gasteiger partial charge in [0.1, 0.15) is 0 Å². The van der Waals surface area contributed by atoms with Crippen LogP contribution in [0.1, 0.15) is 75.5 Å². The average molecular weight is 249 g/mol. The molecule has 1 heterocycles. The van der Waals surface area contributed by atoms with Crippen LogP contribution < -0.4 is 5.73 Å². The highest BCUT2D eigenvalue weighted by Crippen LogP contribution is 2.39. The van der Waals surface area contributed by atoms with Crippen molar-refractivity contribution in [3.63, 3.8) is 0 Å². The van der Waals surface area contributed by atoms with Gasteiger partial charge in [-0.05, 0) is 37.5 Å². The van der Waals surface area contributed by atoms with Crippen LogP contribution in [0.5, 0.6) is 0 Å². The summed E-state index contributed by atoms with van der Waals surface area (Å²) in [5.41, 5.74) is 6.11. The number of nitrogens with zero attached hydrogens (tertiary/aromatic N) is 2. The van der Waals surface area contributed by atoms with E-state index in [1.54, 1.807) is 0 Å². The lowest BCUT2D eigenvalue weighted by molar-refractivity contribution is 0.338. The number of hydrogen-bond donors (Lipinski definition) is 1. The molecule has 0 aliphatic heterocycles. The van der Waals surface area contributed by atoms with Crippen LogP contribution >= 0.6 is 0 Å². The first kappa shape index (κ1) is 12.2. The Kier molecular flexibility index (Phi) is 3.37. The molecule has 2 saturated carbocycles. The summed E-state index contributed by atoms with van der Waals surface area (Å²) in [5.74, 6) is 3.69. The quantitative estimate of drug-likeness (QED) is 0.870. The summed E-state index contributed by atoms with van der Waals surface area (Å²) < 4.78 is 5.35. The highest BCUT2D eigenvalue weighted by molar-refractivity contribution is 5.01. The van der Waals surface area contributed by atoms with Gasteiger partial charge in [-0.3, -0.25) is 0 Å². The van der Waals surface area contributed by atoms with E-state index in [1.807, 2.05) is 0 Å². The normalized spacial score (nSPS) is 29.7. The van der Waals surface area contributed by atoms with Gasteiger partial charge >= 0.3 is 0 Å². The molecule has 2 fully saturated rings. The lowest BCUT2D eigenvalue weighted by Crippen LogP contribution is -2.11. The summed E-state index contributed by atoms with van der Waals surface area (Å²) in [4.78, 5) is 4.54. The Morgan fingerprint density at radius 2 is 2.06 bits per heavy atom. The van der Waals surface area contributed by atoms with Crippen LogP contribution in [-0.2, 0) is 0 Å². The Morgan fingerprint density at radius 1 is 1.28 bits per heavy atom. The van der Waals surface area contributed by atoms with E-state index < -0.39 is 0 Å². The maximum absolute atomic E-state index is 6.11. The Morgan fingerprint density at radius 3 is 2.72 bits per heavy atom. The van der Waals surface area contributed by atoms with Crippen molar-refractivity contribution in [1.29, 1.82) is 0 Å². The average Bonchev–Trinajstić information content (AvgIpc) is 2.91. The van der Waals surface area contributed by atoms with Crippen molar-refractivity contribution in [2.75, 3.05) is 0 Å². The molecule has 3 atom stereocenters. The van der Waals surface area contributed by atoms with Crippen LogP contribution in [0, 0.1) is 11.8 Å². The molecule has 0 aromatic carbocycles. The highest BCUT2D eigenvalue weighted by Gasteiger charge is 2.30. The molecule has 3 rings (SSSR count). The molecule has 18 heavy (non-hydrogen) atoms. The maximum atomic E-state index is 6.11. The van der Waals surface area contributed by atoms with E-state index in [0.29, 0.717) is 11.8 Å². The summed E-state index contributed by atoms with van der Waals surface area (Å²) in [6.45, 7) is 2.26. The molecular weight excluding hydrogens is 226 g/mol. The van der Waals surface area contributed by atoms with E-state index in [0.717, 1.165) is 24.1 Å². The van der Waals surface area contributed by atoms with Gasteiger partial charge in [-0.1, -0.05) is 31.3 Å². The number of nitrogens with two attached hydrogens (primary N) is 1. The predicted molar refractivity (Wildman–Crippen MR) is 68.9 cm³/mol. The summed E-state index contributed by atoms with van der Waals surface area (Å²) in [7, 11) is 0. The van der Waals surface area contributed by atoms with Crippen molar-refractivity contribution >= 4 is 0 Å². The first-order valence-electron chi connectivity index (χ1n) is 7.35. The molecule has 0 amide bonds. The summed E-state index contributed by atoms with van der Waals surface area (Å²) in [6.07, 6.45) is 8.62. The van der Waals surface area contributed by atoms with E-state index >= 15 is 0 Å². The zero-order valence-electron chi connectivity index (χ0n) is 11.1. The van der Waals surface area contributed by atoms with Crippen molar-refractivity contribution in [1.82, 2.24) is 10.1 Å². The minimum absolute atomic E-state index is 0.0536. The summed E-state index contributed by atoms with van der Waals surface area (Å²) >= 11 is 0. The minimum atomic E-state index is -0.0536. The van der Waals surface area contributed by atoms with Gasteiger partial charge in [0.2, 0.25) is 5.89 Å². The molecule has 1 aromatic rings. The molecule has 2 unspecified atom stereocenters. The molecule has 2 aliphatic rings. The fourth-order valence-electron chi connectivity index (χ4n) is 3.06. The smallest absolute Gasteiger partial charge is 0.243 e. The zero-order chi connectivity index (χ0) is 12.5. The van der Waals surface area contributed by atoms with Gasteiger partial charge in [0.15, 0.2) is 5.82 Å². The van der Waals surface area contributed by atoms with Crippen LogP contribution in [0.2, 0.25) is 0 Å². The third kappa shape index (κ3) is 2.58. The van der Waals surface area contributed by atoms with Gasteiger partial charge in [-0.2, -0.15) is 4.98 Å². The molecule has 0 spiro atoms. The molecular formula is C14H23N3O. The summed E-state index contributed by atoms with van der Waals surface area (Å²) in [6, 6.07) is -0.0536. The summed E-state index contributed by atoms with van der Waals surface area (Å²) in [5, 5.41) is 4.15. The van der Waals surface area contributed by atoms with E-state index in [2.05, 4.69) is 17.1 Å². The Bertz CT molecular complexity index is 399. The van der Waals surface area contributed by atoms with Crippen molar-refractivity contribution in [3.05, 3.63) is 11.7 Å². The molecule has 1 aromatic heterocycles. The van der Waals surface area contributed by atoms with Gasteiger partial charge in [-0.15, -0.1) is 0 Å². The Hall–Kier alpha value is -0.900. The molecule has 0 bridgehead atoms. The van der Waals surface area contributed by atoms with Gasteiger partial charge in [-0.25, -0.2) is 0 Å². The van der Waals surface area contributed by atoms with E-state index in [1.165, 1.54) is 38.5 Å². The van der Waals surface area contributed by atoms with Crippen LogP contribution in [0.25, 0.3) is 0 Å². The molecule has 4 nitrogen and oxygen atoms in total. The zero-order valence-corrected chi connectivity index (χ0v) is 11.1. The van der Waals surface area contributed by atoms with Crippen LogP contribution in [0.4, 0.5) is 0 Å². The predicted octanol–water partition coefficient (Wildman–Crippen LogP) is 3.16. The first-order valence-corrected chi connectivity index (χ1v) is 7.35. The van der Waals surface area contributed by atoms with Gasteiger partial charge in [0, 0.05) is 5.92 Å². The highest BCUT2D eigenvalue weighted by atomic mass is 16.5. The van der Waals surface area contributed by atoms with E-state index in [9.17, 15) is 0 Å². The van der Waals surface area contributed by atoms with Gasteiger partial charge in [0.05, 0.1) is 6.04 Å². The molecule has 0 radical (unpaired) electrons. The molecule has 2 N–H and O–H groups in total.